The summed E-state index contributed by atoms with van der Waals surface area (Å²) in [6.07, 6.45) is 20.0. The number of allylic oxidation sites excluding steroid dienone is 8. The summed E-state index contributed by atoms with van der Waals surface area (Å²) in [5.74, 6) is 0. The normalized spacial score (nSPS) is 16.0. The van der Waals surface area contributed by atoms with Crippen molar-refractivity contribution >= 4 is 0 Å². The van der Waals surface area contributed by atoms with Gasteiger partial charge in [-0.3, -0.25) is 12.2 Å². The molecule has 0 saturated heterocycles. The third-order valence-electron chi connectivity index (χ3n) is 1.17. The average molecular weight is 178 g/mol. The Morgan fingerprint density at radius 1 is 0.818 bits per heavy atom. The zero-order valence-corrected chi connectivity index (χ0v) is 7.94. The van der Waals surface area contributed by atoms with Gasteiger partial charge in [-0.1, -0.05) is 0 Å². The minimum atomic E-state index is 0. The van der Waals surface area contributed by atoms with Gasteiger partial charge < -0.3 is 0 Å². The molecule has 0 unspecified atom stereocenters. The molecule has 0 atom stereocenters. The maximum absolute atomic E-state index is 2.99. The van der Waals surface area contributed by atoms with Crippen LogP contribution in [0.3, 0.4) is 0 Å². The Kier molecular flexibility index (Phi) is 7.55. The van der Waals surface area contributed by atoms with Gasteiger partial charge in [-0.2, -0.15) is 12.2 Å². The van der Waals surface area contributed by atoms with E-state index < -0.39 is 0 Å². The van der Waals surface area contributed by atoms with E-state index in [1.54, 1.807) is 0 Å². The molecule has 2 rings (SSSR count). The van der Waals surface area contributed by atoms with Crippen LogP contribution in [0, 0.1) is 12.2 Å². The van der Waals surface area contributed by atoms with E-state index >= 15 is 0 Å². The van der Waals surface area contributed by atoms with Crippen LogP contribution in [0.4, 0.5) is 0 Å². The van der Waals surface area contributed by atoms with E-state index in [1.807, 2.05) is 24.3 Å². The number of rotatable bonds is 0. The maximum Gasteiger partial charge on any atom is 4.00 e. The zero-order valence-electron chi connectivity index (χ0n) is 6.38. The maximum atomic E-state index is 2.99. The Balaban J connectivity index is 0.000000167. The van der Waals surface area contributed by atoms with E-state index in [9.17, 15) is 0 Å². The third-order valence-corrected chi connectivity index (χ3v) is 1.17. The first-order valence-corrected chi connectivity index (χ1v) is 3.43. The predicted molar refractivity (Wildman–Crippen MR) is 43.1 cm³/mol. The zero-order chi connectivity index (χ0) is 7.07. The summed E-state index contributed by atoms with van der Waals surface area (Å²) >= 11 is 0. The molecule has 0 nitrogen and oxygen atoms in total. The Hall–Kier alpha value is -0.326. The molecule has 2 aliphatic rings. The van der Waals surface area contributed by atoms with Gasteiger partial charge in [0.15, 0.2) is 0 Å². The van der Waals surface area contributed by atoms with E-state index in [2.05, 4.69) is 24.3 Å². The van der Waals surface area contributed by atoms with Crippen LogP contribution in [0.25, 0.3) is 0 Å². The van der Waals surface area contributed by atoms with Gasteiger partial charge in [0.1, 0.15) is 0 Å². The fourth-order valence-corrected chi connectivity index (χ4v) is 0.680. The number of hydrogen-bond acceptors (Lipinski definition) is 0. The van der Waals surface area contributed by atoms with Crippen LogP contribution >= 0.6 is 0 Å². The number of hydrogen-bond donors (Lipinski definition) is 0. The van der Waals surface area contributed by atoms with Crippen molar-refractivity contribution in [2.75, 3.05) is 0 Å². The van der Waals surface area contributed by atoms with Crippen molar-refractivity contribution in [3.8, 4) is 0 Å². The molecule has 1 heteroatoms. The van der Waals surface area contributed by atoms with Gasteiger partial charge in [-0.25, -0.2) is 24.3 Å². The first-order valence-electron chi connectivity index (χ1n) is 3.43. The van der Waals surface area contributed by atoms with Crippen molar-refractivity contribution in [1.29, 1.82) is 0 Å². The molecule has 0 heterocycles. The Labute approximate surface area is 83.3 Å². The standard InChI is InChI=1S/2C5H5.Ti/c2*1-2-4-5-3-1;/h2*1-3H,4H2;/q2*-1;+4. The monoisotopic (exact) mass is 178 g/mol. The molecule has 11 heavy (non-hydrogen) atoms. The van der Waals surface area contributed by atoms with Crippen LogP contribution in [0.5, 0.6) is 0 Å². The molecule has 0 fully saturated rings. The predicted octanol–water partition coefficient (Wildman–Crippen LogP) is 2.61. The summed E-state index contributed by atoms with van der Waals surface area (Å²) in [5.41, 5.74) is 0. The van der Waals surface area contributed by atoms with Gasteiger partial charge in [-0.05, 0) is 0 Å². The largest absolute Gasteiger partial charge is 4.00 e. The van der Waals surface area contributed by atoms with Crippen molar-refractivity contribution in [2.45, 2.75) is 12.8 Å². The minimum absolute atomic E-state index is 0. The second-order valence-electron chi connectivity index (χ2n) is 2.01. The summed E-state index contributed by atoms with van der Waals surface area (Å²) in [5, 5.41) is 0. The molecule has 0 spiro atoms. The topological polar surface area (TPSA) is 0 Å². The van der Waals surface area contributed by atoms with E-state index in [0.717, 1.165) is 12.8 Å². The van der Waals surface area contributed by atoms with Crippen LogP contribution in [-0.2, 0) is 21.7 Å². The van der Waals surface area contributed by atoms with E-state index in [-0.39, 0.29) is 21.7 Å². The summed E-state index contributed by atoms with van der Waals surface area (Å²) in [4.78, 5) is 0. The van der Waals surface area contributed by atoms with Crippen LogP contribution in [-0.4, -0.2) is 0 Å². The summed E-state index contributed by atoms with van der Waals surface area (Å²) in [7, 11) is 0. The molecule has 0 aromatic rings. The van der Waals surface area contributed by atoms with Crippen LogP contribution in [0.1, 0.15) is 12.8 Å². The quantitative estimate of drug-likeness (QED) is 0.395. The van der Waals surface area contributed by atoms with Crippen molar-refractivity contribution in [1.82, 2.24) is 0 Å². The van der Waals surface area contributed by atoms with Gasteiger partial charge in [0.2, 0.25) is 0 Å². The summed E-state index contributed by atoms with van der Waals surface area (Å²) in [6.45, 7) is 0. The average Bonchev–Trinajstić information content (AvgIpc) is 2.67. The molecular weight excluding hydrogens is 168 g/mol. The Bertz CT molecular complexity index is 143. The molecule has 0 radical (unpaired) electrons. The molecule has 2 aliphatic carbocycles. The molecular formula is C10H10Ti+2. The van der Waals surface area contributed by atoms with E-state index in [4.69, 9.17) is 0 Å². The molecule has 0 aliphatic heterocycles. The fraction of sp³-hybridized carbons (Fsp3) is 0.200. The van der Waals surface area contributed by atoms with Gasteiger partial charge in [0, 0.05) is 0 Å². The van der Waals surface area contributed by atoms with Crippen LogP contribution in [0.15, 0.2) is 36.5 Å². The van der Waals surface area contributed by atoms with Gasteiger partial charge in [0.25, 0.3) is 0 Å². The third kappa shape index (κ3) is 6.09. The molecule has 0 bridgehead atoms. The second-order valence-corrected chi connectivity index (χ2v) is 2.01. The van der Waals surface area contributed by atoms with Crippen LogP contribution < -0.4 is 0 Å². The first kappa shape index (κ1) is 10.7. The van der Waals surface area contributed by atoms with E-state index in [0.29, 0.717) is 0 Å². The van der Waals surface area contributed by atoms with Crippen molar-refractivity contribution < 1.29 is 21.7 Å². The van der Waals surface area contributed by atoms with E-state index in [1.165, 1.54) is 0 Å². The smallest absolute Gasteiger partial charge is 0.273 e. The molecule has 0 saturated carbocycles. The second kappa shape index (κ2) is 7.78. The van der Waals surface area contributed by atoms with Gasteiger partial charge >= 0.3 is 21.7 Å². The first-order chi connectivity index (χ1) is 5.00. The van der Waals surface area contributed by atoms with Crippen molar-refractivity contribution in [3.63, 3.8) is 0 Å². The molecule has 0 aromatic carbocycles. The summed E-state index contributed by atoms with van der Waals surface area (Å²) in [6, 6.07) is 0. The van der Waals surface area contributed by atoms with Crippen molar-refractivity contribution in [2.24, 2.45) is 0 Å². The van der Waals surface area contributed by atoms with Gasteiger partial charge in [0.05, 0.1) is 0 Å². The fourth-order valence-electron chi connectivity index (χ4n) is 0.680. The Morgan fingerprint density at radius 2 is 1.27 bits per heavy atom. The molecule has 52 valence electrons. The van der Waals surface area contributed by atoms with Crippen LogP contribution in [0.2, 0.25) is 0 Å². The minimum Gasteiger partial charge on any atom is -0.273 e. The molecule has 0 amide bonds. The Morgan fingerprint density at radius 3 is 1.36 bits per heavy atom. The summed E-state index contributed by atoms with van der Waals surface area (Å²) < 4.78 is 0. The molecule has 0 N–H and O–H groups in total. The SMILES string of the molecule is [C-]1=CC=CC1.[C-]1=CC=CC1.[Ti+4]. The molecule has 0 aromatic heterocycles. The van der Waals surface area contributed by atoms with Gasteiger partial charge in [-0.15, -0.1) is 12.8 Å². The van der Waals surface area contributed by atoms with Crippen molar-refractivity contribution in [3.05, 3.63) is 48.6 Å².